The Balaban J connectivity index is 1.39. The number of ether oxygens (including phenoxy) is 1. The fourth-order valence-corrected chi connectivity index (χ4v) is 3.09. The van der Waals surface area contributed by atoms with Gasteiger partial charge in [0.15, 0.2) is 5.65 Å². The molecule has 1 amide bonds. The zero-order valence-corrected chi connectivity index (χ0v) is 16.4. The Morgan fingerprint density at radius 1 is 1.13 bits per heavy atom. The third-order valence-corrected chi connectivity index (χ3v) is 4.63. The highest BCUT2D eigenvalue weighted by Crippen LogP contribution is 2.20. The van der Waals surface area contributed by atoms with Gasteiger partial charge in [0.1, 0.15) is 18.9 Å². The van der Waals surface area contributed by atoms with E-state index >= 15 is 0 Å². The second-order valence-electron chi connectivity index (χ2n) is 6.84. The van der Waals surface area contributed by atoms with E-state index in [1.54, 1.807) is 30.6 Å². The maximum absolute atomic E-state index is 12.5. The quantitative estimate of drug-likeness (QED) is 0.512. The number of carbonyl (C=O) groups excluding carboxylic acids is 1. The Kier molecular flexibility index (Phi) is 5.56. The average molecular weight is 403 g/mol. The van der Waals surface area contributed by atoms with E-state index in [0.29, 0.717) is 18.0 Å². The third-order valence-electron chi connectivity index (χ3n) is 4.63. The second kappa shape index (κ2) is 8.60. The molecule has 0 aliphatic rings. The summed E-state index contributed by atoms with van der Waals surface area (Å²) in [5.74, 6) is 0.392. The summed E-state index contributed by atoms with van der Waals surface area (Å²) in [6.45, 7) is 2.09. The molecule has 4 aromatic rings. The van der Waals surface area contributed by atoms with Crippen molar-refractivity contribution in [2.75, 3.05) is 0 Å². The molecule has 0 spiro atoms. The number of hydrogen-bond donors (Lipinski definition) is 1. The first-order chi connectivity index (χ1) is 14.6. The van der Waals surface area contributed by atoms with E-state index in [4.69, 9.17) is 4.74 Å². The van der Waals surface area contributed by atoms with Gasteiger partial charge in [-0.05, 0) is 48.9 Å². The molecule has 3 heterocycles. The number of fused-ring (bicyclic) bond motifs is 1. The Hall–Kier alpha value is -3.94. The van der Waals surface area contributed by atoms with Crippen LogP contribution in [0.4, 0.5) is 0 Å². The number of pyridine rings is 2. The molecule has 0 bridgehead atoms. The van der Waals surface area contributed by atoms with Crippen molar-refractivity contribution in [1.82, 2.24) is 24.5 Å². The van der Waals surface area contributed by atoms with Crippen LogP contribution >= 0.6 is 0 Å². The van der Waals surface area contributed by atoms with Gasteiger partial charge in [-0.2, -0.15) is 0 Å². The van der Waals surface area contributed by atoms with Gasteiger partial charge in [0.2, 0.25) is 5.91 Å². The molecule has 0 saturated heterocycles. The molecule has 0 aliphatic carbocycles. The van der Waals surface area contributed by atoms with E-state index < -0.39 is 0 Å². The summed E-state index contributed by atoms with van der Waals surface area (Å²) in [5.41, 5.74) is 1.88. The van der Waals surface area contributed by atoms with Crippen molar-refractivity contribution in [3.05, 3.63) is 94.8 Å². The molecular formula is C22H21N5O3. The molecule has 1 unspecified atom stereocenters. The van der Waals surface area contributed by atoms with E-state index in [0.717, 1.165) is 15.9 Å². The van der Waals surface area contributed by atoms with Gasteiger partial charge in [-0.3, -0.25) is 14.2 Å². The van der Waals surface area contributed by atoms with E-state index in [-0.39, 0.29) is 24.2 Å². The Morgan fingerprint density at radius 2 is 2.00 bits per heavy atom. The van der Waals surface area contributed by atoms with Crippen molar-refractivity contribution in [3.63, 3.8) is 0 Å². The van der Waals surface area contributed by atoms with Crippen LogP contribution in [-0.4, -0.2) is 25.1 Å². The lowest BCUT2D eigenvalue weighted by atomic mass is 10.1. The van der Waals surface area contributed by atoms with Gasteiger partial charge in [-0.15, -0.1) is 5.10 Å². The Morgan fingerprint density at radius 3 is 2.80 bits per heavy atom. The van der Waals surface area contributed by atoms with Gasteiger partial charge in [0.05, 0.1) is 11.7 Å². The highest BCUT2D eigenvalue weighted by atomic mass is 16.5. The minimum Gasteiger partial charge on any atom is -0.487 e. The fourth-order valence-electron chi connectivity index (χ4n) is 3.09. The highest BCUT2D eigenvalue weighted by Gasteiger charge is 2.14. The lowest BCUT2D eigenvalue weighted by Crippen LogP contribution is -2.34. The number of hydrogen-bond acceptors (Lipinski definition) is 5. The molecule has 3 aromatic heterocycles. The zero-order chi connectivity index (χ0) is 20.9. The van der Waals surface area contributed by atoms with Crippen molar-refractivity contribution in [3.8, 4) is 5.75 Å². The molecule has 0 radical (unpaired) electrons. The van der Waals surface area contributed by atoms with E-state index in [1.807, 2.05) is 49.4 Å². The number of aromatic nitrogens is 4. The maximum Gasteiger partial charge on any atom is 0.350 e. The minimum atomic E-state index is -0.349. The lowest BCUT2D eigenvalue weighted by Gasteiger charge is -2.15. The number of carbonyl (C=O) groups is 1. The minimum absolute atomic E-state index is 0.152. The number of nitrogens with zero attached hydrogens (tertiary/aromatic N) is 4. The maximum atomic E-state index is 12.5. The van der Waals surface area contributed by atoms with Crippen LogP contribution in [0.25, 0.3) is 5.65 Å². The molecule has 0 saturated carbocycles. The van der Waals surface area contributed by atoms with Gasteiger partial charge in [-0.25, -0.2) is 9.48 Å². The molecule has 8 nitrogen and oxygen atoms in total. The topological polar surface area (TPSA) is 90.5 Å². The molecule has 1 N–H and O–H groups in total. The van der Waals surface area contributed by atoms with Crippen molar-refractivity contribution in [2.24, 2.45) is 0 Å². The molecular weight excluding hydrogens is 382 g/mol. The third kappa shape index (κ3) is 4.38. The first kappa shape index (κ1) is 19.4. The molecule has 0 fully saturated rings. The number of benzene rings is 1. The van der Waals surface area contributed by atoms with Crippen molar-refractivity contribution in [1.29, 1.82) is 0 Å². The Bertz CT molecular complexity index is 1220. The zero-order valence-electron chi connectivity index (χ0n) is 16.4. The molecule has 30 heavy (non-hydrogen) atoms. The van der Waals surface area contributed by atoms with Crippen molar-refractivity contribution >= 4 is 11.6 Å². The monoisotopic (exact) mass is 403 g/mol. The summed E-state index contributed by atoms with van der Waals surface area (Å²) in [7, 11) is 0. The van der Waals surface area contributed by atoms with E-state index in [9.17, 15) is 9.59 Å². The fraction of sp³-hybridized carbons (Fsp3) is 0.182. The van der Waals surface area contributed by atoms with Gasteiger partial charge >= 0.3 is 5.69 Å². The molecule has 152 valence electrons. The van der Waals surface area contributed by atoms with Crippen LogP contribution in [-0.2, 0) is 17.9 Å². The number of amides is 1. The predicted octanol–water partition coefficient (Wildman–Crippen LogP) is 2.35. The van der Waals surface area contributed by atoms with Crippen molar-refractivity contribution in [2.45, 2.75) is 26.1 Å². The lowest BCUT2D eigenvalue weighted by molar-refractivity contribution is -0.122. The molecule has 1 atom stereocenters. The first-order valence-electron chi connectivity index (χ1n) is 9.56. The smallest absolute Gasteiger partial charge is 0.350 e. The largest absolute Gasteiger partial charge is 0.487 e. The van der Waals surface area contributed by atoms with Crippen LogP contribution in [0.3, 0.4) is 0 Å². The summed E-state index contributed by atoms with van der Waals surface area (Å²) in [5, 5.41) is 7.08. The SMILES string of the molecule is CC(NC(=O)Cn1nc2ccccn2c1=O)c1cccc(OCc2ccccn2)c1. The predicted molar refractivity (Wildman–Crippen MR) is 111 cm³/mol. The van der Waals surface area contributed by atoms with Gasteiger partial charge < -0.3 is 10.1 Å². The van der Waals surface area contributed by atoms with Crippen LogP contribution in [0, 0.1) is 0 Å². The summed E-state index contributed by atoms with van der Waals surface area (Å²) in [4.78, 5) is 29.0. The number of nitrogens with one attached hydrogen (secondary N) is 1. The second-order valence-corrected chi connectivity index (χ2v) is 6.84. The summed E-state index contributed by atoms with van der Waals surface area (Å²) >= 11 is 0. The van der Waals surface area contributed by atoms with Crippen molar-refractivity contribution < 1.29 is 9.53 Å². The standard InChI is InChI=1S/C22H21N5O3/c1-16(17-7-6-9-19(13-17)30-15-18-8-2-4-11-23-18)24-21(28)14-27-22(29)26-12-5-3-10-20(26)25-27/h2-13,16H,14-15H2,1H3,(H,24,28). The normalized spacial score (nSPS) is 11.9. The van der Waals surface area contributed by atoms with E-state index in [2.05, 4.69) is 15.4 Å². The van der Waals surface area contributed by atoms with Crippen LogP contribution < -0.4 is 15.7 Å². The van der Waals surface area contributed by atoms with Crippen LogP contribution in [0.1, 0.15) is 24.2 Å². The molecule has 1 aromatic carbocycles. The Labute approximate surface area is 172 Å². The average Bonchev–Trinajstić information content (AvgIpc) is 3.08. The summed E-state index contributed by atoms with van der Waals surface area (Å²) < 4.78 is 8.36. The molecule has 8 heteroatoms. The molecule has 4 rings (SSSR count). The van der Waals surface area contributed by atoms with Crippen LogP contribution in [0.15, 0.2) is 77.9 Å². The molecule has 0 aliphatic heterocycles. The highest BCUT2D eigenvalue weighted by molar-refractivity contribution is 5.76. The van der Waals surface area contributed by atoms with E-state index in [1.165, 1.54) is 4.40 Å². The number of rotatable bonds is 7. The van der Waals surface area contributed by atoms with Crippen LogP contribution in [0.2, 0.25) is 0 Å². The van der Waals surface area contributed by atoms with Gasteiger partial charge in [0, 0.05) is 12.4 Å². The van der Waals surface area contributed by atoms with Gasteiger partial charge in [-0.1, -0.05) is 24.3 Å². The van der Waals surface area contributed by atoms with Gasteiger partial charge in [0.25, 0.3) is 0 Å². The van der Waals surface area contributed by atoms with Crippen LogP contribution in [0.5, 0.6) is 5.75 Å². The first-order valence-corrected chi connectivity index (χ1v) is 9.56. The summed E-state index contributed by atoms with van der Waals surface area (Å²) in [6, 6.07) is 18.2. The summed E-state index contributed by atoms with van der Waals surface area (Å²) in [6.07, 6.45) is 3.35.